The van der Waals surface area contributed by atoms with Gasteiger partial charge in [0.1, 0.15) is 6.04 Å². The molecule has 1 atom stereocenters. The van der Waals surface area contributed by atoms with Gasteiger partial charge in [0, 0.05) is 39.6 Å². The van der Waals surface area contributed by atoms with E-state index < -0.39 is 11.9 Å². The molecule has 0 aromatic carbocycles. The molecule has 142 valence electrons. The minimum Gasteiger partial charge on any atom is -0.650 e. The Hall–Kier alpha value is -2.01. The Morgan fingerprint density at radius 3 is 2.62 bits per heavy atom. The van der Waals surface area contributed by atoms with E-state index in [0.29, 0.717) is 30.5 Å². The van der Waals surface area contributed by atoms with Crippen molar-refractivity contribution < 1.29 is 45.0 Å². The third-order valence-electron chi connectivity index (χ3n) is 3.73. The molecule has 2 heterocycles. The van der Waals surface area contributed by atoms with E-state index in [1.165, 1.54) is 17.4 Å². The van der Waals surface area contributed by atoms with Crippen molar-refractivity contribution >= 4 is 24.2 Å². The maximum absolute atomic E-state index is 12.5. The van der Waals surface area contributed by atoms with E-state index >= 15 is 0 Å². The summed E-state index contributed by atoms with van der Waals surface area (Å²) in [5.74, 6) is -0.992. The number of carbonyl (C=O) groups excluding carboxylic acids is 4. The quantitative estimate of drug-likeness (QED) is 0.241. The molecule has 2 fully saturated rings. The van der Waals surface area contributed by atoms with E-state index in [4.69, 9.17) is 0 Å². The Labute approximate surface area is 167 Å². The molecule has 8 heteroatoms. The van der Waals surface area contributed by atoms with Gasteiger partial charge in [-0.3, -0.25) is 19.7 Å². The maximum Gasteiger partial charge on any atom is 0.250 e. The van der Waals surface area contributed by atoms with E-state index in [1.807, 2.05) is 13.8 Å². The topological polar surface area (TPSA) is 92.8 Å². The molecular weight excluding hydrogens is 508 g/mol. The molecule has 0 aliphatic carbocycles. The predicted molar refractivity (Wildman–Crippen MR) is 91.9 cm³/mol. The Kier molecular flexibility index (Phi) is 11.4. The van der Waals surface area contributed by atoms with Gasteiger partial charge in [-0.1, -0.05) is 39.1 Å². The summed E-state index contributed by atoms with van der Waals surface area (Å²) < 4.78 is 4.57. The van der Waals surface area contributed by atoms with Crippen LogP contribution in [0.2, 0.25) is 0 Å². The molecule has 2 aliphatic rings. The van der Waals surface area contributed by atoms with Crippen molar-refractivity contribution in [3.8, 4) is 0 Å². The molecule has 0 radical (unpaired) electrons. The van der Waals surface area contributed by atoms with Crippen LogP contribution in [0.25, 0.3) is 0 Å². The number of allylic oxidation sites excluding steroid dienone is 2. The van der Waals surface area contributed by atoms with Gasteiger partial charge in [-0.2, -0.15) is 0 Å². The van der Waals surface area contributed by atoms with Crippen LogP contribution in [0.1, 0.15) is 33.1 Å². The molecule has 0 bridgehead atoms. The van der Waals surface area contributed by atoms with Crippen molar-refractivity contribution in [2.75, 3.05) is 13.2 Å². The van der Waals surface area contributed by atoms with Crippen LogP contribution in [0.15, 0.2) is 36.0 Å². The first kappa shape index (κ1) is 24.0. The molecule has 0 saturated carbocycles. The van der Waals surface area contributed by atoms with Crippen LogP contribution in [0.5, 0.6) is 0 Å². The molecule has 0 spiro atoms. The summed E-state index contributed by atoms with van der Waals surface area (Å²) in [6.45, 7) is 9.30. The van der Waals surface area contributed by atoms with Crippen molar-refractivity contribution in [2.24, 2.45) is 0 Å². The number of ether oxygens (including phenoxy) is 1. The minimum absolute atomic E-state index is 0. The smallest absolute Gasteiger partial charge is 0.250 e. The second-order valence-corrected chi connectivity index (χ2v) is 5.23. The fourth-order valence-corrected chi connectivity index (χ4v) is 2.67. The zero-order valence-electron chi connectivity index (χ0n) is 14.9. The number of likely N-dealkylation sites (tertiary alicyclic amines) is 1. The van der Waals surface area contributed by atoms with E-state index in [2.05, 4.69) is 16.6 Å². The molecule has 2 aliphatic heterocycles. The fourth-order valence-electron chi connectivity index (χ4n) is 2.67. The van der Waals surface area contributed by atoms with Crippen molar-refractivity contribution in [3.05, 3.63) is 36.0 Å². The Morgan fingerprint density at radius 2 is 2.04 bits per heavy atom. The van der Waals surface area contributed by atoms with E-state index in [1.54, 1.807) is 12.2 Å². The van der Waals surface area contributed by atoms with Crippen molar-refractivity contribution in [1.29, 1.82) is 0 Å². The zero-order chi connectivity index (χ0) is 18.8. The van der Waals surface area contributed by atoms with Gasteiger partial charge in [0.2, 0.25) is 11.8 Å². The van der Waals surface area contributed by atoms with Crippen LogP contribution in [0, 0.1) is 0 Å². The fraction of sp³-hybridized carbons (Fsp3) is 0.444. The number of amides is 3. The molecule has 2 rings (SSSR count). The van der Waals surface area contributed by atoms with Crippen LogP contribution < -0.4 is 5.32 Å². The molecule has 7 nitrogen and oxygen atoms in total. The number of nitrogens with one attached hydrogen (secondary N) is 1. The number of piperidine rings is 1. The Bertz CT molecular complexity index is 613. The van der Waals surface area contributed by atoms with Crippen LogP contribution in [-0.4, -0.2) is 48.3 Å². The summed E-state index contributed by atoms with van der Waals surface area (Å²) in [6.07, 6.45) is 5.83. The minimum atomic E-state index is -0.613. The monoisotopic (exact) mass is 531 g/mol. The number of hydrogen-bond donors (Lipinski definition) is 1. The average molecular weight is 531 g/mol. The molecule has 1 N–H and O–H groups in total. The second kappa shape index (κ2) is 12.4. The standard InChI is InChI=1S/C16H17N2O5.C2H6.W/c1-2-3-11(9-23-10-19)8-12-6-7-18(16(12)22)13-4-5-14(20)17-15(13)21;1-2;/h2-3,8,13H,1,4-7,9H2,(H,17,20,21);1-2H3;/q-1;;/b11-3+,12-8+;;. The van der Waals surface area contributed by atoms with Gasteiger partial charge in [0.15, 0.2) is 0 Å². The Balaban J connectivity index is 0.00000201. The van der Waals surface area contributed by atoms with Gasteiger partial charge in [0.05, 0.1) is 6.61 Å². The van der Waals surface area contributed by atoms with Gasteiger partial charge in [-0.05, 0) is 24.5 Å². The van der Waals surface area contributed by atoms with Gasteiger partial charge >= 0.3 is 0 Å². The number of nitrogens with zero attached hydrogens (tertiary/aromatic N) is 1. The summed E-state index contributed by atoms with van der Waals surface area (Å²) >= 11 is 0. The first-order valence-electron chi connectivity index (χ1n) is 8.22. The summed E-state index contributed by atoms with van der Waals surface area (Å²) in [6, 6.07) is -0.613. The summed E-state index contributed by atoms with van der Waals surface area (Å²) in [4.78, 5) is 47.2. The van der Waals surface area contributed by atoms with E-state index in [-0.39, 0.29) is 45.9 Å². The van der Waals surface area contributed by atoms with Crippen LogP contribution in [0.3, 0.4) is 0 Å². The second-order valence-electron chi connectivity index (χ2n) is 5.23. The first-order valence-corrected chi connectivity index (χ1v) is 8.22. The normalized spacial score (nSPS) is 21.4. The number of hydrogen-bond acceptors (Lipinski definition) is 5. The first-order chi connectivity index (χ1) is 12.1. The zero-order valence-corrected chi connectivity index (χ0v) is 17.9. The summed E-state index contributed by atoms with van der Waals surface area (Å²) in [7, 11) is 0. The van der Waals surface area contributed by atoms with Crippen LogP contribution in [0.4, 0.5) is 0 Å². The van der Waals surface area contributed by atoms with Gasteiger partial charge in [-0.15, -0.1) is 0 Å². The van der Waals surface area contributed by atoms with Crippen LogP contribution >= 0.6 is 0 Å². The van der Waals surface area contributed by atoms with Crippen molar-refractivity contribution in [3.63, 3.8) is 0 Å². The number of rotatable bonds is 6. The summed E-state index contributed by atoms with van der Waals surface area (Å²) in [5.41, 5.74) is 1.13. The van der Waals surface area contributed by atoms with Gasteiger partial charge in [0.25, 0.3) is 5.91 Å². The Morgan fingerprint density at radius 1 is 1.35 bits per heavy atom. The molecule has 0 aromatic rings. The van der Waals surface area contributed by atoms with Crippen molar-refractivity contribution in [1.82, 2.24) is 10.2 Å². The van der Waals surface area contributed by atoms with Crippen molar-refractivity contribution in [2.45, 2.75) is 39.2 Å². The molecular formula is C18H23N2O5W-. The molecule has 0 aromatic heterocycles. The van der Waals surface area contributed by atoms with Crippen LogP contribution in [-0.2, 0) is 45.0 Å². The molecule has 3 amide bonds. The SMILES string of the molecule is C=C/C=C(\C=C1/CCN(C2CCC(=O)NC2=O)C1=O)CO[C-]=O.CC.[W]. The molecule has 1 unspecified atom stereocenters. The third kappa shape index (κ3) is 6.37. The third-order valence-corrected chi connectivity index (χ3v) is 3.73. The van der Waals surface area contributed by atoms with E-state index in [9.17, 15) is 19.2 Å². The molecule has 2 saturated heterocycles. The summed E-state index contributed by atoms with van der Waals surface area (Å²) in [5, 5.41) is 2.25. The number of imide groups is 1. The van der Waals surface area contributed by atoms with Gasteiger partial charge < -0.3 is 14.4 Å². The molecule has 26 heavy (non-hydrogen) atoms. The van der Waals surface area contributed by atoms with Gasteiger partial charge in [-0.25, -0.2) is 0 Å². The van der Waals surface area contributed by atoms with E-state index in [0.717, 1.165) is 0 Å². The average Bonchev–Trinajstić information content (AvgIpc) is 2.95. The maximum atomic E-state index is 12.5. The number of carbonyl (C=O) groups is 3. The largest absolute Gasteiger partial charge is 0.650 e. The predicted octanol–water partition coefficient (Wildman–Crippen LogP) is 1.17.